The number of carbonyl (C=O) groups is 2. The summed E-state index contributed by atoms with van der Waals surface area (Å²) in [5.74, 6) is -1.04. The molecule has 2 amide bonds. The molecule has 6 N–H and O–H groups in total. The molecule has 0 aliphatic carbocycles. The summed E-state index contributed by atoms with van der Waals surface area (Å²) in [7, 11) is 0. The molecule has 0 unspecified atom stereocenters. The molecule has 0 fully saturated rings. The van der Waals surface area contributed by atoms with Gasteiger partial charge in [0.05, 0.1) is 0 Å². The first-order valence-electron chi connectivity index (χ1n) is 5.64. The van der Waals surface area contributed by atoms with Crippen LogP contribution in [0.1, 0.15) is 20.3 Å². The molecule has 108 valence electrons. The number of carbonyl (C=O) groups excluding carboxylic acids is 2. The van der Waals surface area contributed by atoms with Crippen molar-refractivity contribution in [3.05, 3.63) is 0 Å². The van der Waals surface area contributed by atoms with E-state index in [0.717, 1.165) is 0 Å². The Balaban J connectivity index is 3.78. The smallest absolute Gasteiger partial charge is 0.247 e. The van der Waals surface area contributed by atoms with Gasteiger partial charge in [-0.2, -0.15) is 0 Å². The van der Waals surface area contributed by atoms with E-state index in [9.17, 15) is 9.59 Å². The van der Waals surface area contributed by atoms with Gasteiger partial charge in [0.1, 0.15) is 6.42 Å². The maximum Gasteiger partial charge on any atom is 0.247 e. The largest absolute Gasteiger partial charge is 0.362 e. The monoisotopic (exact) mass is 306 g/mol. The Morgan fingerprint density at radius 2 is 1.16 bits per heavy atom. The second-order valence-electron chi connectivity index (χ2n) is 3.24. The fourth-order valence-electron chi connectivity index (χ4n) is 0.897. The van der Waals surface area contributed by atoms with Crippen LogP contribution in [0.4, 0.5) is 0 Å². The lowest BCUT2D eigenvalue weighted by Crippen LogP contribution is -2.50. The van der Waals surface area contributed by atoms with Gasteiger partial charge < -0.3 is 10.6 Å². The molecule has 0 aromatic carbocycles. The van der Waals surface area contributed by atoms with Crippen LogP contribution in [0, 0.1) is 0 Å². The molecule has 0 aromatic heterocycles. The Morgan fingerprint density at radius 3 is 1.47 bits per heavy atom. The van der Waals surface area contributed by atoms with Gasteiger partial charge >= 0.3 is 0 Å². The Hall–Kier alpha value is -1.68. The molecule has 0 atom stereocenters. The zero-order valence-corrected chi connectivity index (χ0v) is 12.4. The molecule has 0 radical (unpaired) electrons. The summed E-state index contributed by atoms with van der Waals surface area (Å²) in [6.45, 7) is 4.99. The molecular formula is C9H18N6O2S2. The SMILES string of the molecule is CCNC(=S)NNC(=O)CC(=O)NNC(=S)NCC. The number of amides is 2. The van der Waals surface area contributed by atoms with Crippen LogP contribution in [0.5, 0.6) is 0 Å². The molecule has 0 aliphatic heterocycles. The van der Waals surface area contributed by atoms with Crippen molar-refractivity contribution in [3.63, 3.8) is 0 Å². The molecule has 10 heteroatoms. The third kappa shape index (κ3) is 9.97. The summed E-state index contributed by atoms with van der Waals surface area (Å²) < 4.78 is 0. The van der Waals surface area contributed by atoms with Crippen LogP contribution in [0.25, 0.3) is 0 Å². The van der Waals surface area contributed by atoms with Crippen molar-refractivity contribution in [2.75, 3.05) is 13.1 Å². The molecule has 0 rings (SSSR count). The van der Waals surface area contributed by atoms with Gasteiger partial charge in [0, 0.05) is 13.1 Å². The van der Waals surface area contributed by atoms with Crippen molar-refractivity contribution < 1.29 is 9.59 Å². The summed E-state index contributed by atoms with van der Waals surface area (Å²) in [5.41, 5.74) is 9.47. The molecule has 19 heavy (non-hydrogen) atoms. The van der Waals surface area contributed by atoms with E-state index in [2.05, 4.69) is 32.3 Å². The highest BCUT2D eigenvalue weighted by Gasteiger charge is 2.09. The first-order valence-corrected chi connectivity index (χ1v) is 6.46. The summed E-state index contributed by atoms with van der Waals surface area (Å²) in [6.07, 6.45) is -0.358. The predicted octanol–water partition coefficient (Wildman–Crippen LogP) is -1.59. The Kier molecular flexibility index (Phi) is 9.35. The standard InChI is InChI=1S/C9H18N6O2S2/c1-3-10-8(18)14-12-6(16)5-7(17)13-15-9(19)11-4-2/h3-5H2,1-2H3,(H,12,16)(H,13,17)(H2,10,14,18)(H2,11,15,19). The highest BCUT2D eigenvalue weighted by Crippen LogP contribution is 1.78. The molecule has 0 spiro atoms. The molecule has 0 saturated heterocycles. The van der Waals surface area contributed by atoms with Crippen LogP contribution in [0.2, 0.25) is 0 Å². The lowest BCUT2D eigenvalue weighted by Gasteiger charge is -2.11. The average molecular weight is 306 g/mol. The van der Waals surface area contributed by atoms with E-state index in [1.165, 1.54) is 0 Å². The third-order valence-electron chi connectivity index (χ3n) is 1.63. The number of nitrogens with one attached hydrogen (secondary N) is 6. The first kappa shape index (κ1) is 17.3. The fraction of sp³-hybridized carbons (Fsp3) is 0.556. The number of rotatable bonds is 4. The van der Waals surface area contributed by atoms with Crippen molar-refractivity contribution in [1.82, 2.24) is 32.3 Å². The van der Waals surface area contributed by atoms with Crippen LogP contribution in [0.3, 0.4) is 0 Å². The molecule has 8 nitrogen and oxygen atoms in total. The van der Waals surface area contributed by atoms with Gasteiger partial charge in [-0.25, -0.2) is 0 Å². The van der Waals surface area contributed by atoms with E-state index in [0.29, 0.717) is 13.1 Å². The second-order valence-corrected chi connectivity index (χ2v) is 4.06. The van der Waals surface area contributed by atoms with Crippen LogP contribution < -0.4 is 32.3 Å². The summed E-state index contributed by atoms with van der Waals surface area (Å²) >= 11 is 9.65. The van der Waals surface area contributed by atoms with E-state index in [1.807, 2.05) is 13.8 Å². The lowest BCUT2D eigenvalue weighted by molar-refractivity contribution is -0.129. The van der Waals surface area contributed by atoms with E-state index in [4.69, 9.17) is 24.4 Å². The maximum atomic E-state index is 11.3. The minimum Gasteiger partial charge on any atom is -0.362 e. The quantitative estimate of drug-likeness (QED) is 0.210. The molecule has 0 aliphatic rings. The number of hydrazine groups is 2. The van der Waals surface area contributed by atoms with E-state index in [-0.39, 0.29) is 16.6 Å². The van der Waals surface area contributed by atoms with Crippen molar-refractivity contribution >= 4 is 46.5 Å². The van der Waals surface area contributed by atoms with Gasteiger partial charge in [-0.15, -0.1) is 0 Å². The van der Waals surface area contributed by atoms with Gasteiger partial charge in [0.2, 0.25) is 11.8 Å². The molecule has 0 saturated carbocycles. The van der Waals surface area contributed by atoms with Crippen molar-refractivity contribution in [2.45, 2.75) is 20.3 Å². The second kappa shape index (κ2) is 10.3. The predicted molar refractivity (Wildman–Crippen MR) is 79.7 cm³/mol. The zero-order chi connectivity index (χ0) is 14.7. The van der Waals surface area contributed by atoms with E-state index >= 15 is 0 Å². The molecule has 0 bridgehead atoms. The topological polar surface area (TPSA) is 106 Å². The Labute approximate surface area is 122 Å². The fourth-order valence-corrected chi connectivity index (χ4v) is 1.29. The Morgan fingerprint density at radius 1 is 0.789 bits per heavy atom. The summed E-state index contributed by atoms with van der Waals surface area (Å²) in [5, 5.41) is 6.11. The third-order valence-corrected chi connectivity index (χ3v) is 2.12. The molecule has 0 heterocycles. The Bertz CT molecular complexity index is 318. The number of hydrogen-bond acceptors (Lipinski definition) is 4. The maximum absolute atomic E-state index is 11.3. The summed E-state index contributed by atoms with van der Waals surface area (Å²) in [6, 6.07) is 0. The minimum atomic E-state index is -0.520. The highest BCUT2D eigenvalue weighted by atomic mass is 32.1. The van der Waals surface area contributed by atoms with Crippen LogP contribution in [-0.2, 0) is 9.59 Å². The average Bonchev–Trinajstić information content (AvgIpc) is 2.35. The number of hydrogen-bond donors (Lipinski definition) is 6. The van der Waals surface area contributed by atoms with Crippen molar-refractivity contribution in [2.24, 2.45) is 0 Å². The van der Waals surface area contributed by atoms with Crippen LogP contribution in [-0.4, -0.2) is 35.1 Å². The number of thiocarbonyl (C=S) groups is 2. The molecule has 0 aromatic rings. The zero-order valence-electron chi connectivity index (χ0n) is 10.8. The highest BCUT2D eigenvalue weighted by molar-refractivity contribution is 7.80. The van der Waals surface area contributed by atoms with Gasteiger partial charge in [0.25, 0.3) is 0 Å². The van der Waals surface area contributed by atoms with E-state index in [1.54, 1.807) is 0 Å². The molecular weight excluding hydrogens is 288 g/mol. The van der Waals surface area contributed by atoms with Crippen molar-refractivity contribution in [3.8, 4) is 0 Å². The van der Waals surface area contributed by atoms with Gasteiger partial charge in [-0.1, -0.05) is 0 Å². The van der Waals surface area contributed by atoms with E-state index < -0.39 is 11.8 Å². The van der Waals surface area contributed by atoms with Gasteiger partial charge in [-0.3, -0.25) is 31.3 Å². The van der Waals surface area contributed by atoms with Crippen LogP contribution >= 0.6 is 24.4 Å². The minimum absolute atomic E-state index is 0.280. The van der Waals surface area contributed by atoms with Crippen LogP contribution in [0.15, 0.2) is 0 Å². The van der Waals surface area contributed by atoms with Crippen molar-refractivity contribution in [1.29, 1.82) is 0 Å². The van der Waals surface area contributed by atoms with Gasteiger partial charge in [-0.05, 0) is 38.3 Å². The lowest BCUT2D eigenvalue weighted by atomic mass is 10.4. The summed E-state index contributed by atoms with van der Waals surface area (Å²) in [4.78, 5) is 22.7. The van der Waals surface area contributed by atoms with Gasteiger partial charge in [0.15, 0.2) is 10.2 Å². The normalized spacial score (nSPS) is 8.95. The first-order chi connectivity index (χ1) is 8.99.